The lowest BCUT2D eigenvalue weighted by Gasteiger charge is -2.39. The maximum absolute atomic E-state index is 12.5. The molecule has 6 nitrogen and oxygen atoms in total. The van der Waals surface area contributed by atoms with E-state index < -0.39 is 0 Å². The minimum Gasteiger partial charge on any atom is -0.468 e. The third kappa shape index (κ3) is 1.63. The van der Waals surface area contributed by atoms with Gasteiger partial charge in [0.15, 0.2) is 0 Å². The molecule has 3 rings (SSSR count). The Hall–Kier alpha value is -1.14. The van der Waals surface area contributed by atoms with E-state index in [2.05, 4.69) is 10.2 Å². The Kier molecular flexibility index (Phi) is 3.02. The molecule has 3 fully saturated rings. The summed E-state index contributed by atoms with van der Waals surface area (Å²) in [6.45, 7) is 4.31. The van der Waals surface area contributed by atoms with Crippen LogP contribution in [0, 0.1) is 0 Å². The molecule has 0 aromatic carbocycles. The van der Waals surface area contributed by atoms with Gasteiger partial charge >= 0.3 is 5.97 Å². The maximum atomic E-state index is 12.5. The molecule has 19 heavy (non-hydrogen) atoms. The zero-order valence-corrected chi connectivity index (χ0v) is 11.5. The molecule has 1 amide bonds. The van der Waals surface area contributed by atoms with Crippen LogP contribution in [0.5, 0.6) is 0 Å². The van der Waals surface area contributed by atoms with Crippen LogP contribution in [0.2, 0.25) is 0 Å². The van der Waals surface area contributed by atoms with Crippen molar-refractivity contribution in [3.05, 3.63) is 0 Å². The van der Waals surface area contributed by atoms with Gasteiger partial charge in [-0.1, -0.05) is 0 Å². The molecule has 1 N–H and O–H groups in total. The second kappa shape index (κ2) is 4.45. The molecule has 3 heterocycles. The van der Waals surface area contributed by atoms with Crippen LogP contribution in [0.15, 0.2) is 0 Å². The number of nitrogens with one attached hydrogen (secondary N) is 1. The third-order valence-corrected chi connectivity index (χ3v) is 4.81. The number of likely N-dealkylation sites (N-methyl/N-ethyl adjacent to an activating group) is 1. The molecule has 0 saturated carbocycles. The van der Waals surface area contributed by atoms with Crippen LogP contribution in [0.4, 0.5) is 0 Å². The van der Waals surface area contributed by atoms with Crippen molar-refractivity contribution in [1.29, 1.82) is 0 Å². The van der Waals surface area contributed by atoms with Crippen LogP contribution < -0.4 is 5.32 Å². The zero-order chi connectivity index (χ0) is 13.6. The summed E-state index contributed by atoms with van der Waals surface area (Å²) in [6, 6.07) is -0.274. The van der Waals surface area contributed by atoms with E-state index in [0.29, 0.717) is 19.5 Å². The number of carbonyl (C=O) groups is 2. The predicted octanol–water partition coefficient (Wildman–Crippen LogP) is -0.456. The molecule has 0 bridgehead atoms. The van der Waals surface area contributed by atoms with Gasteiger partial charge in [-0.2, -0.15) is 0 Å². The summed E-state index contributed by atoms with van der Waals surface area (Å²) in [7, 11) is 1.41. The lowest BCUT2D eigenvalue weighted by atomic mass is 10.0. The molecular weight excluding hydrogens is 246 g/mol. The number of methoxy groups -OCH3 is 1. The fraction of sp³-hybridized carbons (Fsp3) is 0.846. The average molecular weight is 267 g/mol. The van der Waals surface area contributed by atoms with Crippen molar-refractivity contribution in [2.75, 3.05) is 26.7 Å². The highest BCUT2D eigenvalue weighted by Crippen LogP contribution is 2.42. The second-order valence-electron chi connectivity index (χ2n) is 5.58. The summed E-state index contributed by atoms with van der Waals surface area (Å²) in [5.41, 5.74) is -0.314. The number of amides is 1. The van der Waals surface area contributed by atoms with E-state index in [9.17, 15) is 9.59 Å². The van der Waals surface area contributed by atoms with E-state index in [4.69, 9.17) is 4.74 Å². The summed E-state index contributed by atoms with van der Waals surface area (Å²) < 4.78 is 4.82. The van der Waals surface area contributed by atoms with Gasteiger partial charge in [-0.15, -0.1) is 0 Å². The number of rotatable bonds is 2. The van der Waals surface area contributed by atoms with Gasteiger partial charge in [-0.25, -0.2) is 0 Å². The van der Waals surface area contributed by atoms with Crippen molar-refractivity contribution in [3.8, 4) is 0 Å². The van der Waals surface area contributed by atoms with Gasteiger partial charge in [0.25, 0.3) is 0 Å². The van der Waals surface area contributed by atoms with E-state index in [-0.39, 0.29) is 29.6 Å². The van der Waals surface area contributed by atoms with Gasteiger partial charge in [-0.05, 0) is 19.8 Å². The SMILES string of the molecule is CCN1C(=O)C2CCCN2C12CNC(C(=O)OC)C2. The van der Waals surface area contributed by atoms with E-state index in [1.165, 1.54) is 7.11 Å². The normalized spacial score (nSPS) is 38.2. The standard InChI is InChI=1S/C13H21N3O3/c1-3-15-11(17)10-5-4-6-16(10)13(15)7-9(14-8-13)12(18)19-2/h9-10,14H,3-8H2,1-2H3. The summed E-state index contributed by atoms with van der Waals surface area (Å²) in [6.07, 6.45) is 2.65. The van der Waals surface area contributed by atoms with Gasteiger partial charge < -0.3 is 15.0 Å². The van der Waals surface area contributed by atoms with Gasteiger partial charge in [0, 0.05) is 26.1 Å². The Bertz CT molecular complexity index is 414. The van der Waals surface area contributed by atoms with Crippen LogP contribution in [0.25, 0.3) is 0 Å². The quantitative estimate of drug-likeness (QED) is 0.686. The highest BCUT2D eigenvalue weighted by Gasteiger charge is 2.60. The Morgan fingerprint density at radius 1 is 1.58 bits per heavy atom. The van der Waals surface area contributed by atoms with Crippen LogP contribution in [0.3, 0.4) is 0 Å². The van der Waals surface area contributed by atoms with Crippen LogP contribution in [-0.2, 0) is 14.3 Å². The van der Waals surface area contributed by atoms with Gasteiger partial charge in [0.05, 0.1) is 13.2 Å². The average Bonchev–Trinajstić information content (AvgIpc) is 3.09. The van der Waals surface area contributed by atoms with Crippen LogP contribution in [0.1, 0.15) is 26.2 Å². The first-order chi connectivity index (χ1) is 9.14. The highest BCUT2D eigenvalue weighted by molar-refractivity contribution is 5.86. The molecule has 3 saturated heterocycles. The molecule has 0 aromatic rings. The number of esters is 1. The molecule has 0 aliphatic carbocycles. The first-order valence-electron chi connectivity index (χ1n) is 7.03. The van der Waals surface area contributed by atoms with Gasteiger partial charge in [0.1, 0.15) is 11.7 Å². The number of nitrogens with zero attached hydrogens (tertiary/aromatic N) is 2. The molecule has 0 radical (unpaired) electrons. The van der Waals surface area contributed by atoms with Crippen molar-refractivity contribution >= 4 is 11.9 Å². The van der Waals surface area contributed by atoms with Crippen molar-refractivity contribution in [1.82, 2.24) is 15.1 Å². The van der Waals surface area contributed by atoms with Crippen LogP contribution >= 0.6 is 0 Å². The highest BCUT2D eigenvalue weighted by atomic mass is 16.5. The summed E-state index contributed by atoms with van der Waals surface area (Å²) in [4.78, 5) is 28.4. The summed E-state index contributed by atoms with van der Waals surface area (Å²) in [5.74, 6) is -0.00432. The van der Waals surface area contributed by atoms with Gasteiger partial charge in [-0.3, -0.25) is 14.5 Å². The smallest absolute Gasteiger partial charge is 0.323 e. The van der Waals surface area contributed by atoms with Crippen molar-refractivity contribution < 1.29 is 14.3 Å². The van der Waals surface area contributed by atoms with Crippen molar-refractivity contribution in [2.45, 2.75) is 43.9 Å². The number of fused-ring (bicyclic) bond motifs is 2. The molecule has 3 aliphatic heterocycles. The molecule has 3 aliphatic rings. The number of ether oxygens (including phenoxy) is 1. The van der Waals surface area contributed by atoms with E-state index in [1.54, 1.807) is 0 Å². The molecule has 3 unspecified atom stereocenters. The topological polar surface area (TPSA) is 61.9 Å². The Balaban J connectivity index is 1.89. The summed E-state index contributed by atoms with van der Waals surface area (Å²) >= 11 is 0. The maximum Gasteiger partial charge on any atom is 0.323 e. The van der Waals surface area contributed by atoms with Crippen LogP contribution in [-0.4, -0.2) is 66.2 Å². The Morgan fingerprint density at radius 3 is 3.05 bits per heavy atom. The van der Waals surface area contributed by atoms with Crippen molar-refractivity contribution in [2.24, 2.45) is 0 Å². The third-order valence-electron chi connectivity index (χ3n) is 4.81. The summed E-state index contributed by atoms with van der Waals surface area (Å²) in [5, 5.41) is 3.23. The molecule has 106 valence electrons. The Labute approximate surface area is 113 Å². The zero-order valence-electron chi connectivity index (χ0n) is 11.5. The molecule has 0 aromatic heterocycles. The van der Waals surface area contributed by atoms with Gasteiger partial charge in [0.2, 0.25) is 5.91 Å². The lowest BCUT2D eigenvalue weighted by Crippen LogP contribution is -2.55. The Morgan fingerprint density at radius 2 is 2.37 bits per heavy atom. The molecule has 1 spiro atoms. The second-order valence-corrected chi connectivity index (χ2v) is 5.58. The van der Waals surface area contributed by atoms with E-state index in [0.717, 1.165) is 19.4 Å². The van der Waals surface area contributed by atoms with E-state index in [1.807, 2.05) is 11.8 Å². The number of hydrogen-bond donors (Lipinski definition) is 1. The molecule has 6 heteroatoms. The first kappa shape index (κ1) is 12.9. The number of hydrogen-bond acceptors (Lipinski definition) is 5. The molecule has 3 atom stereocenters. The van der Waals surface area contributed by atoms with Crippen molar-refractivity contribution in [3.63, 3.8) is 0 Å². The molecular formula is C13H21N3O3. The monoisotopic (exact) mass is 267 g/mol. The van der Waals surface area contributed by atoms with E-state index >= 15 is 0 Å². The largest absolute Gasteiger partial charge is 0.468 e. The lowest BCUT2D eigenvalue weighted by molar-refractivity contribution is -0.143. The minimum absolute atomic E-state index is 0.0261. The predicted molar refractivity (Wildman–Crippen MR) is 68.3 cm³/mol. The first-order valence-corrected chi connectivity index (χ1v) is 7.03. The fourth-order valence-corrected chi connectivity index (χ4v) is 4.00. The number of carbonyl (C=O) groups excluding carboxylic acids is 2. The minimum atomic E-state index is -0.314. The fourth-order valence-electron chi connectivity index (χ4n) is 4.00.